The average molecular weight is 352 g/mol. The van der Waals surface area contributed by atoms with Gasteiger partial charge in [-0.05, 0) is 40.3 Å². The molecule has 2 aromatic rings. The second-order valence-corrected chi connectivity index (χ2v) is 8.86. The monoisotopic (exact) mass is 352 g/mol. The van der Waals surface area contributed by atoms with E-state index in [0.717, 1.165) is 12.0 Å². The van der Waals surface area contributed by atoms with Crippen molar-refractivity contribution >= 4 is 22.9 Å². The lowest BCUT2D eigenvalue weighted by Gasteiger charge is -2.22. The van der Waals surface area contributed by atoms with Crippen LogP contribution in [0.2, 0.25) is 0 Å². The standard InChI is InChI=1S/C22H24O2S/c1-22(2,3)10-9-18-19(23)11-16(12-20(18)24)17-13-21(25-14-17)15-7-5-4-6-8-15/h4-9,13-14,16H,10-12H2,1-3H3. The Morgan fingerprint density at radius 2 is 1.72 bits per heavy atom. The molecule has 0 bridgehead atoms. The van der Waals surface area contributed by atoms with E-state index in [4.69, 9.17) is 0 Å². The Morgan fingerprint density at radius 1 is 1.08 bits per heavy atom. The van der Waals surface area contributed by atoms with Crippen LogP contribution in [0.1, 0.15) is 51.5 Å². The molecule has 0 saturated heterocycles. The first-order chi connectivity index (χ1) is 11.8. The van der Waals surface area contributed by atoms with Crippen molar-refractivity contribution in [1.82, 2.24) is 0 Å². The van der Waals surface area contributed by atoms with Crippen LogP contribution in [0.3, 0.4) is 0 Å². The second-order valence-electron chi connectivity index (χ2n) is 7.94. The number of carbonyl (C=O) groups is 2. The zero-order valence-electron chi connectivity index (χ0n) is 15.0. The number of hydrogen-bond donors (Lipinski definition) is 0. The Balaban J connectivity index is 1.76. The maximum atomic E-state index is 12.5. The Morgan fingerprint density at radius 3 is 2.32 bits per heavy atom. The zero-order chi connectivity index (χ0) is 18.0. The van der Waals surface area contributed by atoms with Gasteiger partial charge in [0.05, 0.1) is 5.57 Å². The van der Waals surface area contributed by atoms with Crippen molar-refractivity contribution in [3.8, 4) is 10.4 Å². The van der Waals surface area contributed by atoms with Crippen LogP contribution in [0.15, 0.2) is 53.4 Å². The number of thiophene rings is 1. The van der Waals surface area contributed by atoms with Crippen molar-refractivity contribution in [2.45, 2.75) is 46.0 Å². The van der Waals surface area contributed by atoms with Crippen molar-refractivity contribution in [3.63, 3.8) is 0 Å². The highest BCUT2D eigenvalue weighted by molar-refractivity contribution is 7.13. The van der Waals surface area contributed by atoms with Crippen molar-refractivity contribution in [3.05, 3.63) is 59.0 Å². The fourth-order valence-electron chi connectivity index (χ4n) is 3.09. The summed E-state index contributed by atoms with van der Waals surface area (Å²) in [6.07, 6.45) is 3.48. The average Bonchev–Trinajstić information content (AvgIpc) is 3.04. The molecule has 2 nitrogen and oxygen atoms in total. The normalized spacial score (nSPS) is 18.5. The van der Waals surface area contributed by atoms with Crippen LogP contribution in [0.4, 0.5) is 0 Å². The maximum absolute atomic E-state index is 12.5. The summed E-state index contributed by atoms with van der Waals surface area (Å²) in [6.45, 7) is 6.34. The molecule has 1 aliphatic rings. The number of Topliss-reactive ketones (excluding diaryl/α,β-unsaturated/α-hetero) is 2. The molecule has 25 heavy (non-hydrogen) atoms. The lowest BCUT2D eigenvalue weighted by atomic mass is 9.79. The van der Waals surface area contributed by atoms with Crippen LogP contribution < -0.4 is 0 Å². The summed E-state index contributed by atoms with van der Waals surface area (Å²) in [5.74, 6) is 0.0106. The van der Waals surface area contributed by atoms with Crippen LogP contribution in [0.25, 0.3) is 10.4 Å². The highest BCUT2D eigenvalue weighted by atomic mass is 32.1. The van der Waals surface area contributed by atoms with Crippen molar-refractivity contribution in [2.75, 3.05) is 0 Å². The Labute approximate surface area is 153 Å². The van der Waals surface area contributed by atoms with Gasteiger partial charge in [-0.2, -0.15) is 0 Å². The van der Waals surface area contributed by atoms with Crippen molar-refractivity contribution < 1.29 is 9.59 Å². The molecule has 0 spiro atoms. The van der Waals surface area contributed by atoms with E-state index in [0.29, 0.717) is 18.4 Å². The summed E-state index contributed by atoms with van der Waals surface area (Å²) < 4.78 is 0. The topological polar surface area (TPSA) is 34.1 Å². The van der Waals surface area contributed by atoms with Gasteiger partial charge < -0.3 is 0 Å². The third-order valence-corrected chi connectivity index (χ3v) is 5.53. The molecule has 1 aromatic heterocycles. The van der Waals surface area contributed by atoms with Gasteiger partial charge >= 0.3 is 0 Å². The van der Waals surface area contributed by atoms with Gasteiger partial charge in [-0.25, -0.2) is 0 Å². The minimum atomic E-state index is -0.00189. The molecule has 0 radical (unpaired) electrons. The van der Waals surface area contributed by atoms with E-state index in [1.807, 2.05) is 24.3 Å². The van der Waals surface area contributed by atoms with Gasteiger partial charge in [-0.15, -0.1) is 11.3 Å². The fraction of sp³-hybridized carbons (Fsp3) is 0.364. The van der Waals surface area contributed by atoms with Gasteiger partial charge in [0.2, 0.25) is 0 Å². The highest BCUT2D eigenvalue weighted by Crippen LogP contribution is 2.37. The molecule has 1 fully saturated rings. The van der Waals surface area contributed by atoms with Crippen LogP contribution in [0, 0.1) is 5.41 Å². The van der Waals surface area contributed by atoms with Crippen molar-refractivity contribution in [2.24, 2.45) is 5.41 Å². The summed E-state index contributed by atoms with van der Waals surface area (Å²) in [4.78, 5) is 26.2. The molecule has 130 valence electrons. The number of rotatable bonds is 3. The third kappa shape index (κ3) is 4.35. The summed E-state index contributed by atoms with van der Waals surface area (Å²) >= 11 is 1.68. The van der Waals surface area contributed by atoms with E-state index in [9.17, 15) is 9.59 Å². The molecule has 0 aliphatic heterocycles. The molecule has 0 N–H and O–H groups in total. The van der Waals surface area contributed by atoms with Gasteiger partial charge in [0.15, 0.2) is 11.6 Å². The molecule has 0 atom stereocenters. The molecular weight excluding hydrogens is 328 g/mol. The van der Waals surface area contributed by atoms with E-state index >= 15 is 0 Å². The highest BCUT2D eigenvalue weighted by Gasteiger charge is 2.31. The largest absolute Gasteiger partial charge is 0.294 e. The SMILES string of the molecule is CC(C)(C)CC=C1C(=O)CC(c2csc(-c3ccccc3)c2)CC1=O. The van der Waals surface area contributed by atoms with Crippen LogP contribution in [-0.4, -0.2) is 11.6 Å². The van der Waals surface area contributed by atoms with Crippen molar-refractivity contribution in [1.29, 1.82) is 0 Å². The Kier molecular flexibility index (Phi) is 5.05. The molecular formula is C22H24O2S. The predicted molar refractivity (Wildman–Crippen MR) is 104 cm³/mol. The van der Waals surface area contributed by atoms with E-state index in [1.165, 1.54) is 10.4 Å². The summed E-state index contributed by atoms with van der Waals surface area (Å²) in [5, 5.41) is 2.09. The van der Waals surface area contributed by atoms with E-state index in [1.54, 1.807) is 11.3 Å². The zero-order valence-corrected chi connectivity index (χ0v) is 15.9. The first kappa shape index (κ1) is 17.8. The number of hydrogen-bond acceptors (Lipinski definition) is 3. The number of benzene rings is 1. The molecule has 1 aromatic carbocycles. The lowest BCUT2D eigenvalue weighted by molar-refractivity contribution is -0.124. The minimum absolute atomic E-state index is 0.00189. The maximum Gasteiger partial charge on any atom is 0.166 e. The quantitative estimate of drug-likeness (QED) is 0.517. The summed E-state index contributed by atoms with van der Waals surface area (Å²) in [7, 11) is 0. The number of ketones is 2. The molecule has 3 rings (SSSR count). The number of carbonyl (C=O) groups excluding carboxylic acids is 2. The third-order valence-electron chi connectivity index (χ3n) is 4.53. The smallest absolute Gasteiger partial charge is 0.166 e. The number of allylic oxidation sites excluding steroid dienone is 2. The first-order valence-electron chi connectivity index (χ1n) is 8.74. The predicted octanol–water partition coefficient (Wildman–Crippen LogP) is 5.79. The summed E-state index contributed by atoms with van der Waals surface area (Å²) in [5.41, 5.74) is 2.80. The molecule has 1 saturated carbocycles. The van der Waals surface area contributed by atoms with E-state index < -0.39 is 0 Å². The van der Waals surface area contributed by atoms with Gasteiger partial charge in [0.25, 0.3) is 0 Å². The Hall–Kier alpha value is -2.00. The van der Waals surface area contributed by atoms with Crippen LogP contribution in [-0.2, 0) is 9.59 Å². The second kappa shape index (κ2) is 7.09. The molecule has 1 heterocycles. The molecule has 3 heteroatoms. The van der Waals surface area contributed by atoms with Crippen LogP contribution in [0.5, 0.6) is 0 Å². The van der Waals surface area contributed by atoms with Gasteiger partial charge in [-0.3, -0.25) is 9.59 Å². The van der Waals surface area contributed by atoms with Gasteiger partial charge in [-0.1, -0.05) is 57.2 Å². The van der Waals surface area contributed by atoms with E-state index in [-0.39, 0.29) is 22.9 Å². The van der Waals surface area contributed by atoms with Crippen LogP contribution >= 0.6 is 11.3 Å². The molecule has 1 aliphatic carbocycles. The Bertz CT molecular complexity index is 786. The minimum Gasteiger partial charge on any atom is -0.294 e. The lowest BCUT2D eigenvalue weighted by Crippen LogP contribution is -2.25. The molecule has 0 unspecified atom stereocenters. The first-order valence-corrected chi connectivity index (χ1v) is 9.62. The summed E-state index contributed by atoms with van der Waals surface area (Å²) in [6, 6.07) is 12.3. The van der Waals surface area contributed by atoms with E-state index in [2.05, 4.69) is 44.4 Å². The van der Waals surface area contributed by atoms with Gasteiger partial charge in [0.1, 0.15) is 0 Å². The fourth-order valence-corrected chi connectivity index (χ4v) is 4.09. The molecule has 0 amide bonds. The van der Waals surface area contributed by atoms with Gasteiger partial charge in [0, 0.05) is 17.7 Å².